The molecule has 1 aromatic heterocycles. The van der Waals surface area contributed by atoms with Crippen molar-refractivity contribution in [1.82, 2.24) is 9.97 Å². The molecule has 3 rings (SSSR count). The molecule has 9 nitrogen and oxygen atoms in total. The largest absolute Gasteiger partial charge is 0.439 e. The minimum absolute atomic E-state index is 0.00945. The summed E-state index contributed by atoms with van der Waals surface area (Å²) in [4.78, 5) is 31.6. The predicted octanol–water partition coefficient (Wildman–Crippen LogP) is 4.92. The van der Waals surface area contributed by atoms with E-state index >= 15 is 0 Å². The maximum Gasteiger partial charge on any atom is 0.416 e. The van der Waals surface area contributed by atoms with Crippen molar-refractivity contribution in [2.24, 2.45) is 5.73 Å². The SMILES string of the molecule is CC[C@H](Nc1cc(Oc2ccc(NC(=O)Nc3ccc(C)c(C(F)(F)F)c3)cc2)ncn1)C(N)=O. The van der Waals surface area contributed by atoms with Crippen molar-refractivity contribution < 1.29 is 27.5 Å². The highest BCUT2D eigenvalue weighted by molar-refractivity contribution is 5.99. The molecule has 3 aromatic rings. The number of anilines is 3. The Morgan fingerprint density at radius 1 is 1.03 bits per heavy atom. The molecule has 0 saturated carbocycles. The highest BCUT2D eigenvalue weighted by Crippen LogP contribution is 2.33. The van der Waals surface area contributed by atoms with Crippen molar-refractivity contribution >= 4 is 29.1 Å². The highest BCUT2D eigenvalue weighted by Gasteiger charge is 2.32. The van der Waals surface area contributed by atoms with E-state index in [2.05, 4.69) is 25.9 Å². The molecule has 184 valence electrons. The second-order valence-corrected chi connectivity index (χ2v) is 7.48. The molecule has 3 amide bonds. The molecule has 0 fully saturated rings. The first-order valence-corrected chi connectivity index (χ1v) is 10.5. The van der Waals surface area contributed by atoms with Gasteiger partial charge in [-0.05, 0) is 55.3 Å². The van der Waals surface area contributed by atoms with E-state index in [-0.39, 0.29) is 17.1 Å². The number of carbonyl (C=O) groups excluding carboxylic acids is 2. The van der Waals surface area contributed by atoms with Crippen LogP contribution in [0.15, 0.2) is 54.9 Å². The quantitative estimate of drug-likeness (QED) is 0.356. The van der Waals surface area contributed by atoms with E-state index in [4.69, 9.17) is 10.5 Å². The Balaban J connectivity index is 1.60. The maximum absolute atomic E-state index is 13.1. The Kier molecular flexibility index (Phi) is 7.74. The fourth-order valence-corrected chi connectivity index (χ4v) is 3.05. The van der Waals surface area contributed by atoms with Crippen LogP contribution in [0.5, 0.6) is 11.6 Å². The average Bonchev–Trinajstić information content (AvgIpc) is 2.79. The third-order valence-corrected chi connectivity index (χ3v) is 4.85. The van der Waals surface area contributed by atoms with Gasteiger partial charge in [0.2, 0.25) is 11.8 Å². The van der Waals surface area contributed by atoms with Gasteiger partial charge in [-0.3, -0.25) is 4.79 Å². The van der Waals surface area contributed by atoms with Gasteiger partial charge < -0.3 is 26.4 Å². The van der Waals surface area contributed by atoms with Gasteiger partial charge >= 0.3 is 12.2 Å². The number of hydrogen-bond donors (Lipinski definition) is 4. The molecule has 12 heteroatoms. The smallest absolute Gasteiger partial charge is 0.416 e. The molecule has 2 aromatic carbocycles. The number of carbonyl (C=O) groups is 2. The second kappa shape index (κ2) is 10.7. The molecular weight excluding hydrogens is 465 g/mol. The van der Waals surface area contributed by atoms with Gasteiger partial charge in [0.05, 0.1) is 5.56 Å². The zero-order chi connectivity index (χ0) is 25.6. The van der Waals surface area contributed by atoms with Gasteiger partial charge in [-0.15, -0.1) is 0 Å². The summed E-state index contributed by atoms with van der Waals surface area (Å²) in [5.41, 5.74) is 4.96. The van der Waals surface area contributed by atoms with Crippen molar-refractivity contribution in [2.45, 2.75) is 32.5 Å². The molecule has 0 bridgehead atoms. The summed E-state index contributed by atoms with van der Waals surface area (Å²) in [5.74, 6) is 0.459. The van der Waals surface area contributed by atoms with Crippen LogP contribution in [0.4, 0.5) is 35.2 Å². The summed E-state index contributed by atoms with van der Waals surface area (Å²) >= 11 is 0. The number of nitrogens with zero attached hydrogens (tertiary/aromatic N) is 2. The van der Waals surface area contributed by atoms with Crippen LogP contribution in [-0.4, -0.2) is 27.9 Å². The average molecular weight is 488 g/mol. The first-order valence-electron chi connectivity index (χ1n) is 10.5. The number of alkyl halides is 3. The Morgan fingerprint density at radius 2 is 1.69 bits per heavy atom. The predicted molar refractivity (Wildman–Crippen MR) is 124 cm³/mol. The lowest BCUT2D eigenvalue weighted by atomic mass is 10.1. The molecule has 0 radical (unpaired) electrons. The molecule has 0 unspecified atom stereocenters. The van der Waals surface area contributed by atoms with Crippen molar-refractivity contribution in [3.63, 3.8) is 0 Å². The lowest BCUT2D eigenvalue weighted by Gasteiger charge is -2.14. The Morgan fingerprint density at radius 3 is 2.31 bits per heavy atom. The lowest BCUT2D eigenvalue weighted by Crippen LogP contribution is -2.35. The van der Waals surface area contributed by atoms with Crippen LogP contribution < -0.4 is 26.4 Å². The number of amides is 3. The van der Waals surface area contributed by atoms with Crippen molar-refractivity contribution in [1.29, 1.82) is 0 Å². The summed E-state index contributed by atoms with van der Waals surface area (Å²) in [6.07, 6.45) is -2.78. The fourth-order valence-electron chi connectivity index (χ4n) is 3.05. The number of rotatable bonds is 8. The number of nitrogens with one attached hydrogen (secondary N) is 3. The van der Waals surface area contributed by atoms with Crippen molar-refractivity contribution in [3.8, 4) is 11.6 Å². The monoisotopic (exact) mass is 488 g/mol. The van der Waals surface area contributed by atoms with Crippen LogP contribution >= 0.6 is 0 Å². The summed E-state index contributed by atoms with van der Waals surface area (Å²) < 4.78 is 44.9. The molecule has 0 aliphatic rings. The minimum atomic E-state index is -4.52. The highest BCUT2D eigenvalue weighted by atomic mass is 19.4. The number of primary amides is 1. The summed E-state index contributed by atoms with van der Waals surface area (Å²) in [5, 5.41) is 7.81. The summed E-state index contributed by atoms with van der Waals surface area (Å²) in [7, 11) is 0. The van der Waals surface area contributed by atoms with Gasteiger partial charge in [-0.2, -0.15) is 13.2 Å². The molecule has 0 aliphatic carbocycles. The standard InChI is InChI=1S/C23H23F3N6O3/c1-3-18(21(27)33)32-19-11-20(29-12-28-19)35-16-8-6-14(7-9-16)30-22(34)31-15-5-4-13(2)17(10-15)23(24,25)26/h4-12,18H,3H2,1-2H3,(H2,27,33)(H,28,29,32)(H2,30,31,34)/t18-/m0/s1. The van der Waals surface area contributed by atoms with E-state index in [1.807, 2.05) is 0 Å². The van der Waals surface area contributed by atoms with Crippen LogP contribution in [0, 0.1) is 6.92 Å². The Hall–Kier alpha value is -4.35. The number of aromatic nitrogens is 2. The van der Waals surface area contributed by atoms with Gasteiger partial charge in [-0.1, -0.05) is 13.0 Å². The first-order chi connectivity index (χ1) is 16.5. The van der Waals surface area contributed by atoms with Gasteiger partial charge in [0.15, 0.2) is 0 Å². The second-order valence-electron chi connectivity index (χ2n) is 7.48. The zero-order valence-corrected chi connectivity index (χ0v) is 18.8. The van der Waals surface area contributed by atoms with E-state index in [1.54, 1.807) is 31.2 Å². The van der Waals surface area contributed by atoms with Gasteiger partial charge in [0, 0.05) is 17.4 Å². The molecule has 0 spiro atoms. The number of ether oxygens (including phenoxy) is 1. The van der Waals surface area contributed by atoms with E-state index in [1.165, 1.54) is 31.5 Å². The van der Waals surface area contributed by atoms with Crippen molar-refractivity contribution in [2.75, 3.05) is 16.0 Å². The number of benzene rings is 2. The lowest BCUT2D eigenvalue weighted by molar-refractivity contribution is -0.138. The number of halogens is 3. The topological polar surface area (TPSA) is 131 Å². The van der Waals surface area contributed by atoms with E-state index in [9.17, 15) is 22.8 Å². The molecule has 0 saturated heterocycles. The third-order valence-electron chi connectivity index (χ3n) is 4.85. The number of hydrogen-bond acceptors (Lipinski definition) is 6. The zero-order valence-electron chi connectivity index (χ0n) is 18.8. The first kappa shape index (κ1) is 25.3. The van der Waals surface area contributed by atoms with E-state index < -0.39 is 29.7 Å². The molecule has 1 heterocycles. The van der Waals surface area contributed by atoms with Crippen LogP contribution in [0.25, 0.3) is 0 Å². The van der Waals surface area contributed by atoms with Crippen LogP contribution in [0.2, 0.25) is 0 Å². The van der Waals surface area contributed by atoms with Crippen LogP contribution in [0.3, 0.4) is 0 Å². The minimum Gasteiger partial charge on any atom is -0.439 e. The molecular formula is C23H23F3N6O3. The number of urea groups is 1. The van der Waals surface area contributed by atoms with Gasteiger partial charge in [0.1, 0.15) is 23.9 Å². The fraction of sp³-hybridized carbons (Fsp3) is 0.217. The molecule has 1 atom stereocenters. The van der Waals surface area contributed by atoms with E-state index in [0.717, 1.165) is 6.07 Å². The molecule has 35 heavy (non-hydrogen) atoms. The number of aryl methyl sites for hydroxylation is 1. The molecule has 0 aliphatic heterocycles. The van der Waals surface area contributed by atoms with Gasteiger partial charge in [0.25, 0.3) is 0 Å². The van der Waals surface area contributed by atoms with Crippen LogP contribution in [-0.2, 0) is 11.0 Å². The normalized spacial score (nSPS) is 11.9. The Bertz CT molecular complexity index is 1200. The van der Waals surface area contributed by atoms with E-state index in [0.29, 0.717) is 23.7 Å². The summed E-state index contributed by atoms with van der Waals surface area (Å²) in [6, 6.07) is 9.99. The maximum atomic E-state index is 13.1. The molecule has 5 N–H and O–H groups in total. The van der Waals surface area contributed by atoms with Crippen LogP contribution in [0.1, 0.15) is 24.5 Å². The van der Waals surface area contributed by atoms with Gasteiger partial charge in [-0.25, -0.2) is 14.8 Å². The third kappa shape index (κ3) is 7.06. The Labute approximate surface area is 198 Å². The van der Waals surface area contributed by atoms with Crippen molar-refractivity contribution in [3.05, 3.63) is 66.0 Å². The number of nitrogens with two attached hydrogens (primary N) is 1. The summed E-state index contributed by atoms with van der Waals surface area (Å²) in [6.45, 7) is 3.15.